The molecule has 1 saturated carbocycles. The van der Waals surface area contributed by atoms with E-state index in [2.05, 4.69) is 0 Å². The predicted molar refractivity (Wildman–Crippen MR) is 101 cm³/mol. The number of benzene rings is 2. The van der Waals surface area contributed by atoms with E-state index in [1.54, 1.807) is 19.1 Å². The van der Waals surface area contributed by atoms with Crippen molar-refractivity contribution in [1.82, 2.24) is 0 Å². The van der Waals surface area contributed by atoms with Gasteiger partial charge in [0.2, 0.25) is 0 Å². The van der Waals surface area contributed by atoms with E-state index < -0.39 is 21.3 Å². The third kappa shape index (κ3) is 4.55. The Labute approximate surface area is 159 Å². The Kier molecular flexibility index (Phi) is 5.36. The summed E-state index contributed by atoms with van der Waals surface area (Å²) in [5.74, 6) is -0.405. The van der Waals surface area contributed by atoms with Gasteiger partial charge in [-0.05, 0) is 68.4 Å². The normalized spacial score (nSPS) is 23.0. The summed E-state index contributed by atoms with van der Waals surface area (Å²) >= 11 is 0. The van der Waals surface area contributed by atoms with Crippen molar-refractivity contribution in [2.75, 3.05) is 5.75 Å². The molecule has 142 valence electrons. The van der Waals surface area contributed by atoms with E-state index in [-0.39, 0.29) is 22.1 Å². The van der Waals surface area contributed by atoms with E-state index in [9.17, 15) is 17.9 Å². The summed E-state index contributed by atoms with van der Waals surface area (Å²) in [6.07, 6.45) is 2.62. The van der Waals surface area contributed by atoms with E-state index in [1.165, 1.54) is 24.3 Å². The lowest BCUT2D eigenvalue weighted by molar-refractivity contribution is 0.0108. The number of rotatable bonds is 4. The van der Waals surface area contributed by atoms with Crippen LogP contribution in [0.25, 0.3) is 11.1 Å². The summed E-state index contributed by atoms with van der Waals surface area (Å²) in [7, 11) is -3.44. The molecule has 0 heterocycles. The largest absolute Gasteiger partial charge is 0.390 e. The second kappa shape index (κ2) is 7.41. The minimum atomic E-state index is -3.44. The molecule has 2 aromatic carbocycles. The van der Waals surface area contributed by atoms with E-state index in [0.29, 0.717) is 36.8 Å². The van der Waals surface area contributed by atoms with Gasteiger partial charge in [-0.2, -0.15) is 5.26 Å². The third-order valence-corrected chi connectivity index (χ3v) is 7.16. The second-order valence-electron chi connectivity index (χ2n) is 7.55. The molecular formula is C21H22FNO3S. The Balaban J connectivity index is 1.76. The Bertz CT molecular complexity index is 965. The quantitative estimate of drug-likeness (QED) is 0.857. The molecule has 1 aliphatic carbocycles. The van der Waals surface area contributed by atoms with Crippen LogP contribution in [0.5, 0.6) is 0 Å². The molecule has 0 atom stereocenters. The molecule has 3 rings (SSSR count). The Morgan fingerprint density at radius 2 is 1.81 bits per heavy atom. The first-order chi connectivity index (χ1) is 12.7. The molecule has 0 aliphatic heterocycles. The van der Waals surface area contributed by atoms with Crippen molar-refractivity contribution < 1.29 is 17.9 Å². The molecule has 6 heteroatoms. The van der Waals surface area contributed by atoms with Crippen LogP contribution in [0.3, 0.4) is 0 Å². The van der Waals surface area contributed by atoms with Crippen molar-refractivity contribution in [2.24, 2.45) is 5.92 Å². The van der Waals surface area contributed by atoms with Gasteiger partial charge in [-0.1, -0.05) is 18.2 Å². The monoisotopic (exact) mass is 387 g/mol. The lowest BCUT2D eigenvalue weighted by Gasteiger charge is -2.32. The Morgan fingerprint density at radius 3 is 2.37 bits per heavy atom. The average molecular weight is 387 g/mol. The number of sulfone groups is 1. The van der Waals surface area contributed by atoms with E-state index in [1.807, 2.05) is 6.07 Å². The topological polar surface area (TPSA) is 78.2 Å². The molecule has 0 amide bonds. The lowest BCUT2D eigenvalue weighted by atomic mass is 9.81. The molecule has 2 aromatic rings. The van der Waals surface area contributed by atoms with E-state index in [4.69, 9.17) is 5.26 Å². The number of nitrogens with zero attached hydrogens (tertiary/aromatic N) is 1. The molecule has 1 N–H and O–H groups in total. The van der Waals surface area contributed by atoms with Crippen LogP contribution in [-0.2, 0) is 9.84 Å². The number of hydrogen-bond donors (Lipinski definition) is 1. The highest BCUT2D eigenvalue weighted by molar-refractivity contribution is 7.91. The van der Waals surface area contributed by atoms with Crippen molar-refractivity contribution in [1.29, 1.82) is 5.26 Å². The maximum Gasteiger partial charge on any atom is 0.178 e. The van der Waals surface area contributed by atoms with Crippen LogP contribution >= 0.6 is 0 Å². The van der Waals surface area contributed by atoms with Crippen LogP contribution in [-0.4, -0.2) is 24.9 Å². The summed E-state index contributed by atoms with van der Waals surface area (Å²) < 4.78 is 39.5. The summed E-state index contributed by atoms with van der Waals surface area (Å²) in [5, 5.41) is 18.8. The van der Waals surface area contributed by atoms with Gasteiger partial charge < -0.3 is 5.11 Å². The van der Waals surface area contributed by atoms with Gasteiger partial charge in [-0.25, -0.2) is 12.8 Å². The van der Waals surface area contributed by atoms with Gasteiger partial charge in [0.05, 0.1) is 27.9 Å². The van der Waals surface area contributed by atoms with Crippen LogP contribution in [0.15, 0.2) is 47.4 Å². The van der Waals surface area contributed by atoms with Crippen LogP contribution in [0.2, 0.25) is 0 Å². The molecule has 0 unspecified atom stereocenters. The van der Waals surface area contributed by atoms with Gasteiger partial charge in [-0.15, -0.1) is 0 Å². The zero-order chi connectivity index (χ0) is 19.7. The van der Waals surface area contributed by atoms with Crippen molar-refractivity contribution in [3.8, 4) is 17.2 Å². The molecule has 27 heavy (non-hydrogen) atoms. The first-order valence-corrected chi connectivity index (χ1v) is 10.6. The number of halogens is 1. The highest BCUT2D eigenvalue weighted by Gasteiger charge is 2.31. The van der Waals surface area contributed by atoms with Gasteiger partial charge >= 0.3 is 0 Å². The molecule has 1 aliphatic rings. The molecular weight excluding hydrogens is 365 g/mol. The lowest BCUT2D eigenvalue weighted by Crippen LogP contribution is -2.32. The summed E-state index contributed by atoms with van der Waals surface area (Å²) in [5.41, 5.74) is 0.437. The number of hydrogen-bond acceptors (Lipinski definition) is 4. The highest BCUT2D eigenvalue weighted by atomic mass is 32.2. The summed E-state index contributed by atoms with van der Waals surface area (Å²) in [6, 6.07) is 12.3. The molecule has 0 bridgehead atoms. The van der Waals surface area contributed by atoms with Crippen LogP contribution in [0.4, 0.5) is 4.39 Å². The van der Waals surface area contributed by atoms with Gasteiger partial charge in [0, 0.05) is 5.56 Å². The van der Waals surface area contributed by atoms with E-state index >= 15 is 0 Å². The van der Waals surface area contributed by atoms with Crippen LogP contribution < -0.4 is 0 Å². The summed E-state index contributed by atoms with van der Waals surface area (Å²) in [6.45, 7) is 1.79. The SMILES string of the molecule is C[C@]1(O)CC[C@H](CS(=O)(=O)c2ccc(-c3ccc(C#N)cc3F)cc2)CC1. The average Bonchev–Trinajstić information content (AvgIpc) is 2.63. The minimum absolute atomic E-state index is 0.0471. The number of aliphatic hydroxyl groups is 1. The van der Waals surface area contributed by atoms with Gasteiger partial charge in [0.15, 0.2) is 9.84 Å². The van der Waals surface area contributed by atoms with Gasteiger partial charge in [-0.3, -0.25) is 0 Å². The maximum absolute atomic E-state index is 14.1. The van der Waals surface area contributed by atoms with Crippen LogP contribution in [0, 0.1) is 23.1 Å². The van der Waals surface area contributed by atoms with Crippen molar-refractivity contribution in [3.05, 3.63) is 53.8 Å². The zero-order valence-electron chi connectivity index (χ0n) is 15.2. The second-order valence-corrected chi connectivity index (χ2v) is 9.59. The van der Waals surface area contributed by atoms with Gasteiger partial charge in [0.1, 0.15) is 5.82 Å². The fourth-order valence-electron chi connectivity index (χ4n) is 3.53. The Hall–Kier alpha value is -2.23. The predicted octanol–water partition coefficient (Wildman–Crippen LogP) is 4.08. The minimum Gasteiger partial charge on any atom is -0.390 e. The van der Waals surface area contributed by atoms with Crippen LogP contribution in [0.1, 0.15) is 38.2 Å². The van der Waals surface area contributed by atoms with Crippen molar-refractivity contribution in [3.63, 3.8) is 0 Å². The molecule has 1 fully saturated rings. The standard InChI is InChI=1S/C21H22FNO3S/c1-21(24)10-8-15(9-11-21)14-27(25,26)18-5-3-17(4-6-18)19-7-2-16(13-23)12-20(19)22/h2-7,12,15,24H,8-11,14H2,1H3/t15-,21-. The van der Waals surface area contributed by atoms with Gasteiger partial charge in [0.25, 0.3) is 0 Å². The van der Waals surface area contributed by atoms with Crippen molar-refractivity contribution in [2.45, 2.75) is 43.1 Å². The fraction of sp³-hybridized carbons (Fsp3) is 0.381. The van der Waals surface area contributed by atoms with Crippen molar-refractivity contribution >= 4 is 9.84 Å². The molecule has 0 saturated heterocycles. The summed E-state index contributed by atoms with van der Waals surface area (Å²) in [4.78, 5) is 0.220. The molecule has 0 aromatic heterocycles. The first kappa shape index (κ1) is 19.5. The molecule has 0 radical (unpaired) electrons. The molecule has 4 nitrogen and oxygen atoms in total. The van der Waals surface area contributed by atoms with E-state index in [0.717, 1.165) is 6.07 Å². The fourth-order valence-corrected chi connectivity index (χ4v) is 5.23. The maximum atomic E-state index is 14.1. The zero-order valence-corrected chi connectivity index (χ0v) is 16.0. The first-order valence-electron chi connectivity index (χ1n) is 8.95. The number of nitriles is 1. The molecule has 0 spiro atoms. The Morgan fingerprint density at radius 1 is 1.19 bits per heavy atom. The highest BCUT2D eigenvalue weighted by Crippen LogP contribution is 2.33. The third-order valence-electron chi connectivity index (χ3n) is 5.26. The smallest absolute Gasteiger partial charge is 0.178 e.